The van der Waals surface area contributed by atoms with Crippen LogP contribution in [-0.4, -0.2) is 41.5 Å². The molecule has 3 N–H and O–H groups in total. The van der Waals surface area contributed by atoms with E-state index >= 15 is 0 Å². The van der Waals surface area contributed by atoms with Gasteiger partial charge in [0.2, 0.25) is 5.91 Å². The van der Waals surface area contributed by atoms with Gasteiger partial charge in [0.1, 0.15) is 0 Å². The summed E-state index contributed by atoms with van der Waals surface area (Å²) < 4.78 is 0. The Bertz CT molecular complexity index is 289. The first-order valence-electron chi connectivity index (χ1n) is 7.43. The van der Waals surface area contributed by atoms with Crippen molar-refractivity contribution < 1.29 is 4.79 Å². The van der Waals surface area contributed by atoms with Gasteiger partial charge in [-0.2, -0.15) is 0 Å². The van der Waals surface area contributed by atoms with Crippen LogP contribution in [0.25, 0.3) is 0 Å². The zero-order valence-corrected chi connectivity index (χ0v) is 11.7. The fourth-order valence-electron chi connectivity index (χ4n) is 2.75. The monoisotopic (exact) mass is 253 g/mol. The second kappa shape index (κ2) is 5.57. The maximum absolute atomic E-state index is 12.2. The van der Waals surface area contributed by atoms with Crippen LogP contribution in [0.4, 0.5) is 0 Å². The molecule has 4 nitrogen and oxygen atoms in total. The van der Waals surface area contributed by atoms with Crippen LogP contribution in [0.3, 0.4) is 0 Å². The third-order valence-corrected chi connectivity index (χ3v) is 4.64. The molecule has 2 fully saturated rings. The average Bonchev–Trinajstić information content (AvgIpc) is 3.23. The lowest BCUT2D eigenvalue weighted by Crippen LogP contribution is -2.57. The van der Waals surface area contributed by atoms with Crippen molar-refractivity contribution in [3.8, 4) is 0 Å². The second-order valence-electron chi connectivity index (χ2n) is 5.88. The van der Waals surface area contributed by atoms with Crippen molar-refractivity contribution >= 4 is 5.91 Å². The van der Waals surface area contributed by atoms with Crippen molar-refractivity contribution in [3.63, 3.8) is 0 Å². The predicted octanol–water partition coefficient (Wildman–Crippen LogP) is 1.25. The van der Waals surface area contributed by atoms with Gasteiger partial charge in [0, 0.05) is 25.2 Å². The molecule has 2 aliphatic rings. The lowest BCUT2D eigenvalue weighted by molar-refractivity contribution is -0.127. The molecule has 1 amide bonds. The number of amides is 1. The van der Waals surface area contributed by atoms with Gasteiger partial charge in [0.15, 0.2) is 0 Å². The molecule has 0 atom stereocenters. The summed E-state index contributed by atoms with van der Waals surface area (Å²) >= 11 is 0. The molecule has 1 saturated carbocycles. The molecule has 0 spiro atoms. The topological polar surface area (TPSA) is 58.4 Å². The van der Waals surface area contributed by atoms with Crippen molar-refractivity contribution in [1.29, 1.82) is 0 Å². The Hall–Kier alpha value is -0.610. The number of hydrogen-bond donors (Lipinski definition) is 2. The van der Waals surface area contributed by atoms with E-state index in [2.05, 4.69) is 10.2 Å². The Morgan fingerprint density at radius 1 is 1.22 bits per heavy atom. The van der Waals surface area contributed by atoms with E-state index in [0.717, 1.165) is 32.0 Å². The van der Waals surface area contributed by atoms with Crippen molar-refractivity contribution in [1.82, 2.24) is 10.2 Å². The summed E-state index contributed by atoms with van der Waals surface area (Å²) in [5, 5.41) is 3.15. The van der Waals surface area contributed by atoms with E-state index in [1.807, 2.05) is 13.8 Å². The van der Waals surface area contributed by atoms with Crippen LogP contribution in [0.15, 0.2) is 0 Å². The SMILES string of the molecule is CCC(N)(CC)C(=O)NC1CCN(C2CC2)CC1. The zero-order valence-electron chi connectivity index (χ0n) is 11.7. The third-order valence-electron chi connectivity index (χ3n) is 4.64. The van der Waals surface area contributed by atoms with E-state index in [1.165, 1.54) is 12.8 Å². The Balaban J connectivity index is 1.78. The molecule has 0 radical (unpaired) electrons. The van der Waals surface area contributed by atoms with Crippen molar-refractivity contribution in [2.75, 3.05) is 13.1 Å². The molecule has 18 heavy (non-hydrogen) atoms. The van der Waals surface area contributed by atoms with Crippen molar-refractivity contribution in [2.45, 2.75) is 70.0 Å². The maximum Gasteiger partial charge on any atom is 0.240 e. The molecule has 0 bridgehead atoms. The highest BCUT2D eigenvalue weighted by molar-refractivity contribution is 5.86. The molecule has 0 aromatic carbocycles. The van der Waals surface area contributed by atoms with E-state index in [4.69, 9.17) is 5.73 Å². The van der Waals surface area contributed by atoms with Crippen LogP contribution in [0.5, 0.6) is 0 Å². The Kier molecular flexibility index (Phi) is 4.28. The van der Waals surface area contributed by atoms with Crippen molar-refractivity contribution in [2.24, 2.45) is 5.73 Å². The number of likely N-dealkylation sites (tertiary alicyclic amines) is 1. The maximum atomic E-state index is 12.2. The number of carbonyl (C=O) groups excluding carboxylic acids is 1. The molecule has 0 aromatic rings. The van der Waals surface area contributed by atoms with Crippen LogP contribution in [0, 0.1) is 0 Å². The van der Waals surface area contributed by atoms with Gasteiger partial charge in [-0.3, -0.25) is 4.79 Å². The van der Waals surface area contributed by atoms with Gasteiger partial charge >= 0.3 is 0 Å². The Morgan fingerprint density at radius 2 is 1.78 bits per heavy atom. The molecule has 1 heterocycles. The van der Waals surface area contributed by atoms with Gasteiger partial charge in [-0.15, -0.1) is 0 Å². The summed E-state index contributed by atoms with van der Waals surface area (Å²) in [5.41, 5.74) is 5.45. The number of nitrogens with zero attached hydrogens (tertiary/aromatic N) is 1. The van der Waals surface area contributed by atoms with E-state index in [0.29, 0.717) is 18.9 Å². The number of carbonyl (C=O) groups is 1. The molecule has 104 valence electrons. The molecular weight excluding hydrogens is 226 g/mol. The Morgan fingerprint density at radius 3 is 2.22 bits per heavy atom. The first-order chi connectivity index (χ1) is 8.59. The fourth-order valence-corrected chi connectivity index (χ4v) is 2.75. The predicted molar refractivity (Wildman–Crippen MR) is 73.3 cm³/mol. The molecule has 1 saturated heterocycles. The molecule has 0 unspecified atom stereocenters. The van der Waals surface area contributed by atoms with Crippen molar-refractivity contribution in [3.05, 3.63) is 0 Å². The van der Waals surface area contributed by atoms with Crippen LogP contribution < -0.4 is 11.1 Å². The quantitative estimate of drug-likeness (QED) is 0.775. The van der Waals surface area contributed by atoms with E-state index in [-0.39, 0.29) is 5.91 Å². The van der Waals surface area contributed by atoms with Gasteiger partial charge in [-0.05, 0) is 38.5 Å². The van der Waals surface area contributed by atoms with E-state index < -0.39 is 5.54 Å². The lowest BCUT2D eigenvalue weighted by Gasteiger charge is -2.34. The summed E-state index contributed by atoms with van der Waals surface area (Å²) in [6.07, 6.45) is 6.30. The number of nitrogens with two attached hydrogens (primary N) is 1. The molecule has 1 aliphatic heterocycles. The zero-order chi connectivity index (χ0) is 13.2. The summed E-state index contributed by atoms with van der Waals surface area (Å²) in [7, 11) is 0. The van der Waals surface area contributed by atoms with E-state index in [1.54, 1.807) is 0 Å². The number of rotatable bonds is 5. The standard InChI is InChI=1S/C14H27N3O/c1-3-14(15,4-2)13(18)16-11-7-9-17(10-8-11)12-5-6-12/h11-12H,3-10,15H2,1-2H3,(H,16,18). The first-order valence-corrected chi connectivity index (χ1v) is 7.43. The highest BCUT2D eigenvalue weighted by atomic mass is 16.2. The highest BCUT2D eigenvalue weighted by Crippen LogP contribution is 2.29. The van der Waals surface area contributed by atoms with Gasteiger partial charge in [0.05, 0.1) is 5.54 Å². The van der Waals surface area contributed by atoms with Crippen LogP contribution >= 0.6 is 0 Å². The minimum Gasteiger partial charge on any atom is -0.352 e. The minimum atomic E-state index is -0.673. The second-order valence-corrected chi connectivity index (χ2v) is 5.88. The normalized spacial score (nSPS) is 23.1. The number of hydrogen-bond acceptors (Lipinski definition) is 3. The van der Waals surface area contributed by atoms with Gasteiger partial charge in [0.25, 0.3) is 0 Å². The summed E-state index contributed by atoms with van der Waals surface area (Å²) in [5.74, 6) is 0.0392. The first kappa shape index (κ1) is 13.8. The lowest BCUT2D eigenvalue weighted by atomic mass is 9.92. The molecular formula is C14H27N3O. The van der Waals surface area contributed by atoms with Gasteiger partial charge in [-0.25, -0.2) is 0 Å². The highest BCUT2D eigenvalue weighted by Gasteiger charge is 2.35. The van der Waals surface area contributed by atoms with Crippen LogP contribution in [0.1, 0.15) is 52.4 Å². The smallest absolute Gasteiger partial charge is 0.240 e. The minimum absolute atomic E-state index is 0.0392. The average molecular weight is 253 g/mol. The fraction of sp³-hybridized carbons (Fsp3) is 0.929. The van der Waals surface area contributed by atoms with Crippen LogP contribution in [-0.2, 0) is 4.79 Å². The van der Waals surface area contributed by atoms with Gasteiger partial charge in [-0.1, -0.05) is 13.8 Å². The molecule has 4 heteroatoms. The third kappa shape index (κ3) is 3.04. The molecule has 1 aliphatic carbocycles. The number of piperidine rings is 1. The summed E-state index contributed by atoms with van der Waals surface area (Å²) in [6, 6.07) is 1.18. The molecule has 2 rings (SSSR count). The number of nitrogens with one attached hydrogen (secondary N) is 1. The van der Waals surface area contributed by atoms with E-state index in [9.17, 15) is 4.79 Å². The summed E-state index contributed by atoms with van der Waals surface area (Å²) in [4.78, 5) is 14.7. The van der Waals surface area contributed by atoms with Gasteiger partial charge < -0.3 is 16.0 Å². The summed E-state index contributed by atoms with van der Waals surface area (Å²) in [6.45, 7) is 6.23. The largest absolute Gasteiger partial charge is 0.352 e. The molecule has 0 aromatic heterocycles. The van der Waals surface area contributed by atoms with Crippen LogP contribution in [0.2, 0.25) is 0 Å². The Labute approximate surface area is 110 Å².